The van der Waals surface area contributed by atoms with Gasteiger partial charge in [0.25, 0.3) is 5.91 Å². The molecule has 1 aromatic heterocycles. The maximum Gasteiger partial charge on any atom is 0.251 e. The lowest BCUT2D eigenvalue weighted by Crippen LogP contribution is -2.43. The Hall–Kier alpha value is -1.46. The molecule has 23 heavy (non-hydrogen) atoms. The first-order chi connectivity index (χ1) is 11.3. The Morgan fingerprint density at radius 2 is 1.87 bits per heavy atom. The maximum absolute atomic E-state index is 12.5. The molecule has 1 aromatic rings. The molecular formula is C18H25N3O2. The lowest BCUT2D eigenvalue weighted by atomic mass is 9.98. The summed E-state index contributed by atoms with van der Waals surface area (Å²) in [6, 6.07) is 4.48. The van der Waals surface area contributed by atoms with Gasteiger partial charge in [-0.1, -0.05) is 0 Å². The van der Waals surface area contributed by atoms with Crippen LogP contribution < -0.4 is 5.32 Å². The lowest BCUT2D eigenvalue weighted by molar-refractivity contribution is 0.0404. The fourth-order valence-electron chi connectivity index (χ4n) is 4.12. The van der Waals surface area contributed by atoms with Crippen molar-refractivity contribution in [3.63, 3.8) is 0 Å². The van der Waals surface area contributed by atoms with E-state index in [1.807, 2.05) is 0 Å². The van der Waals surface area contributed by atoms with E-state index < -0.39 is 0 Å². The van der Waals surface area contributed by atoms with Crippen LogP contribution in [0.3, 0.4) is 0 Å². The second-order valence-electron chi connectivity index (χ2n) is 7.11. The van der Waals surface area contributed by atoms with Crippen LogP contribution in [0.5, 0.6) is 0 Å². The number of nitrogens with one attached hydrogen (secondary N) is 1. The second kappa shape index (κ2) is 6.57. The lowest BCUT2D eigenvalue weighted by Gasteiger charge is -2.31. The number of pyridine rings is 1. The van der Waals surface area contributed by atoms with Crippen LogP contribution in [-0.2, 0) is 4.74 Å². The SMILES string of the molecule is O=C(N[C@H]1CN(C2CCOCC2)C[C@@H]1C1CC1)c1ccncc1. The van der Waals surface area contributed by atoms with Gasteiger partial charge in [-0.05, 0) is 49.7 Å². The van der Waals surface area contributed by atoms with E-state index in [9.17, 15) is 4.79 Å². The smallest absolute Gasteiger partial charge is 0.251 e. The van der Waals surface area contributed by atoms with Crippen LogP contribution in [0.15, 0.2) is 24.5 Å². The van der Waals surface area contributed by atoms with Gasteiger partial charge in [0.15, 0.2) is 0 Å². The van der Waals surface area contributed by atoms with Crippen molar-refractivity contribution >= 4 is 5.91 Å². The molecule has 3 aliphatic rings. The molecule has 1 saturated carbocycles. The standard InChI is InChI=1S/C18H25N3O2/c22-18(14-3-7-19-8-4-14)20-17-12-21(11-16(17)13-1-2-13)15-5-9-23-10-6-15/h3-4,7-8,13,15-17H,1-2,5-6,9-12H2,(H,20,22)/t16-,17+/m1/s1. The normalized spacial score (nSPS) is 29.6. The highest BCUT2D eigenvalue weighted by Crippen LogP contribution is 2.42. The predicted molar refractivity (Wildman–Crippen MR) is 87.1 cm³/mol. The number of ether oxygens (including phenoxy) is 1. The van der Waals surface area contributed by atoms with E-state index in [1.165, 1.54) is 12.8 Å². The molecule has 4 rings (SSSR count). The van der Waals surface area contributed by atoms with Crippen LogP contribution in [0.25, 0.3) is 0 Å². The van der Waals surface area contributed by atoms with E-state index in [1.54, 1.807) is 24.5 Å². The van der Waals surface area contributed by atoms with E-state index in [2.05, 4.69) is 15.2 Å². The average Bonchev–Trinajstić information content (AvgIpc) is 3.37. The Morgan fingerprint density at radius 1 is 1.13 bits per heavy atom. The Bertz CT molecular complexity index is 540. The molecule has 0 unspecified atom stereocenters. The monoisotopic (exact) mass is 315 g/mol. The van der Waals surface area contributed by atoms with Crippen molar-refractivity contribution in [2.75, 3.05) is 26.3 Å². The molecule has 3 heterocycles. The minimum atomic E-state index is 0.0388. The summed E-state index contributed by atoms with van der Waals surface area (Å²) in [6.07, 6.45) is 8.26. The van der Waals surface area contributed by atoms with Gasteiger partial charge in [0.1, 0.15) is 0 Å². The molecule has 0 spiro atoms. The molecule has 5 heteroatoms. The number of aromatic nitrogens is 1. The van der Waals surface area contributed by atoms with Crippen LogP contribution in [0.2, 0.25) is 0 Å². The summed E-state index contributed by atoms with van der Waals surface area (Å²) >= 11 is 0. The number of likely N-dealkylation sites (tertiary alicyclic amines) is 1. The van der Waals surface area contributed by atoms with Crippen molar-refractivity contribution in [1.29, 1.82) is 0 Å². The number of hydrogen-bond donors (Lipinski definition) is 1. The largest absolute Gasteiger partial charge is 0.381 e. The second-order valence-corrected chi connectivity index (χ2v) is 7.11. The van der Waals surface area contributed by atoms with Gasteiger partial charge < -0.3 is 10.1 Å². The molecule has 1 N–H and O–H groups in total. The number of nitrogens with zero attached hydrogens (tertiary/aromatic N) is 2. The highest BCUT2D eigenvalue weighted by molar-refractivity contribution is 5.94. The molecule has 1 amide bonds. The zero-order valence-corrected chi connectivity index (χ0v) is 13.5. The van der Waals surface area contributed by atoms with Crippen molar-refractivity contribution in [2.45, 2.75) is 37.8 Å². The average molecular weight is 315 g/mol. The molecule has 2 aliphatic heterocycles. The zero-order chi connectivity index (χ0) is 15.6. The molecule has 0 radical (unpaired) electrons. The Labute approximate surface area is 137 Å². The van der Waals surface area contributed by atoms with Gasteiger partial charge in [-0.3, -0.25) is 14.7 Å². The summed E-state index contributed by atoms with van der Waals surface area (Å²) in [4.78, 5) is 19.1. The van der Waals surface area contributed by atoms with Crippen LogP contribution in [0.4, 0.5) is 0 Å². The summed E-state index contributed by atoms with van der Waals surface area (Å²) in [5.74, 6) is 1.46. The van der Waals surface area contributed by atoms with E-state index in [-0.39, 0.29) is 11.9 Å². The third-order valence-corrected chi connectivity index (χ3v) is 5.59. The molecule has 124 valence electrons. The van der Waals surface area contributed by atoms with Gasteiger partial charge in [-0.15, -0.1) is 0 Å². The summed E-state index contributed by atoms with van der Waals surface area (Å²) in [7, 11) is 0. The first kappa shape index (κ1) is 15.1. The minimum absolute atomic E-state index is 0.0388. The number of rotatable bonds is 4. The zero-order valence-electron chi connectivity index (χ0n) is 13.5. The van der Waals surface area contributed by atoms with Gasteiger partial charge in [0.05, 0.1) is 0 Å². The first-order valence-electron chi connectivity index (χ1n) is 8.84. The van der Waals surface area contributed by atoms with E-state index in [0.717, 1.165) is 45.1 Å². The van der Waals surface area contributed by atoms with Crippen LogP contribution in [0.1, 0.15) is 36.0 Å². The number of amides is 1. The highest BCUT2D eigenvalue weighted by atomic mass is 16.5. The topological polar surface area (TPSA) is 54.5 Å². The molecule has 2 saturated heterocycles. The van der Waals surface area contributed by atoms with Gasteiger partial charge in [-0.2, -0.15) is 0 Å². The number of hydrogen-bond acceptors (Lipinski definition) is 4. The van der Waals surface area contributed by atoms with Crippen molar-refractivity contribution < 1.29 is 9.53 Å². The third-order valence-electron chi connectivity index (χ3n) is 5.59. The fraction of sp³-hybridized carbons (Fsp3) is 0.667. The predicted octanol–water partition coefficient (Wildman–Crippen LogP) is 1.70. The van der Waals surface area contributed by atoms with Crippen molar-refractivity contribution in [3.8, 4) is 0 Å². The van der Waals surface area contributed by atoms with Crippen LogP contribution in [-0.4, -0.2) is 54.2 Å². The van der Waals surface area contributed by atoms with E-state index >= 15 is 0 Å². The summed E-state index contributed by atoms with van der Waals surface area (Å²) in [5.41, 5.74) is 0.707. The Morgan fingerprint density at radius 3 is 2.57 bits per heavy atom. The van der Waals surface area contributed by atoms with Gasteiger partial charge >= 0.3 is 0 Å². The first-order valence-corrected chi connectivity index (χ1v) is 8.84. The molecule has 0 aromatic carbocycles. The summed E-state index contributed by atoms with van der Waals surface area (Å²) < 4.78 is 5.49. The fourth-order valence-corrected chi connectivity index (χ4v) is 4.12. The van der Waals surface area contributed by atoms with Crippen molar-refractivity contribution in [2.24, 2.45) is 11.8 Å². The quantitative estimate of drug-likeness (QED) is 0.919. The molecule has 2 atom stereocenters. The summed E-state index contributed by atoms with van der Waals surface area (Å²) in [6.45, 7) is 3.88. The maximum atomic E-state index is 12.5. The van der Waals surface area contributed by atoms with Crippen molar-refractivity contribution in [1.82, 2.24) is 15.2 Å². The Kier molecular flexibility index (Phi) is 4.31. The molecule has 0 bridgehead atoms. The van der Waals surface area contributed by atoms with Crippen LogP contribution >= 0.6 is 0 Å². The van der Waals surface area contributed by atoms with Crippen LogP contribution in [0, 0.1) is 11.8 Å². The highest BCUT2D eigenvalue weighted by Gasteiger charge is 2.44. The van der Waals surface area contributed by atoms with Gasteiger partial charge in [0.2, 0.25) is 0 Å². The summed E-state index contributed by atoms with van der Waals surface area (Å²) in [5, 5.41) is 3.30. The molecular weight excluding hydrogens is 290 g/mol. The van der Waals surface area contributed by atoms with Gasteiger partial charge in [0, 0.05) is 56.3 Å². The molecule has 3 fully saturated rings. The van der Waals surface area contributed by atoms with Crippen molar-refractivity contribution in [3.05, 3.63) is 30.1 Å². The molecule has 5 nitrogen and oxygen atoms in total. The van der Waals surface area contributed by atoms with Gasteiger partial charge in [-0.25, -0.2) is 0 Å². The number of carbonyl (C=O) groups is 1. The Balaban J connectivity index is 1.42. The third kappa shape index (κ3) is 3.40. The number of carbonyl (C=O) groups excluding carboxylic acids is 1. The minimum Gasteiger partial charge on any atom is -0.381 e. The van der Waals surface area contributed by atoms with E-state index in [0.29, 0.717) is 17.5 Å². The molecule has 1 aliphatic carbocycles. The van der Waals surface area contributed by atoms with E-state index in [4.69, 9.17) is 4.74 Å².